The standard InChI is InChI=1S/C17H30N6O2/c1-17(6-4-14(25-3)5-7-17)12-18-16(24)23-10-8-22(9-11-23)15-20-19-13-21(15)2/h13-14H,4-12H2,1-3H3,(H,18,24). The first-order valence-corrected chi connectivity index (χ1v) is 9.15. The average Bonchev–Trinajstić information content (AvgIpc) is 3.06. The molecule has 2 fully saturated rings. The molecule has 25 heavy (non-hydrogen) atoms. The number of methoxy groups -OCH3 is 1. The number of anilines is 1. The molecule has 1 aliphatic carbocycles. The van der Waals surface area contributed by atoms with E-state index in [-0.39, 0.29) is 11.4 Å². The summed E-state index contributed by atoms with van der Waals surface area (Å²) in [5.41, 5.74) is 0.186. The van der Waals surface area contributed by atoms with Gasteiger partial charge in [0.25, 0.3) is 0 Å². The number of nitrogens with zero attached hydrogens (tertiary/aromatic N) is 5. The fourth-order valence-electron chi connectivity index (χ4n) is 3.77. The van der Waals surface area contributed by atoms with Crippen LogP contribution in [0, 0.1) is 5.41 Å². The number of hydrogen-bond donors (Lipinski definition) is 1. The molecule has 0 bridgehead atoms. The second-order valence-corrected chi connectivity index (χ2v) is 7.62. The van der Waals surface area contributed by atoms with Gasteiger partial charge in [-0.3, -0.25) is 0 Å². The van der Waals surface area contributed by atoms with Crippen LogP contribution in [-0.4, -0.2) is 71.6 Å². The summed E-state index contributed by atoms with van der Waals surface area (Å²) < 4.78 is 7.35. The first-order valence-electron chi connectivity index (χ1n) is 9.15. The van der Waals surface area contributed by atoms with Gasteiger partial charge in [-0.05, 0) is 31.1 Å². The van der Waals surface area contributed by atoms with E-state index in [9.17, 15) is 4.79 Å². The largest absolute Gasteiger partial charge is 0.381 e. The lowest BCUT2D eigenvalue weighted by Gasteiger charge is -2.38. The van der Waals surface area contributed by atoms with Gasteiger partial charge in [0, 0.05) is 46.9 Å². The van der Waals surface area contributed by atoms with Crippen LogP contribution in [0.15, 0.2) is 6.33 Å². The summed E-state index contributed by atoms with van der Waals surface area (Å²) in [4.78, 5) is 16.6. The summed E-state index contributed by atoms with van der Waals surface area (Å²) in [5.74, 6) is 0.863. The Morgan fingerprint density at radius 2 is 2.00 bits per heavy atom. The van der Waals surface area contributed by atoms with Crippen molar-refractivity contribution in [2.24, 2.45) is 12.5 Å². The van der Waals surface area contributed by atoms with Crippen molar-refractivity contribution in [3.8, 4) is 0 Å². The fraction of sp³-hybridized carbons (Fsp3) is 0.824. The number of hydrogen-bond acceptors (Lipinski definition) is 5. The highest BCUT2D eigenvalue weighted by Gasteiger charge is 2.32. The Bertz CT molecular complexity index is 573. The number of piperazine rings is 1. The van der Waals surface area contributed by atoms with Crippen molar-refractivity contribution >= 4 is 12.0 Å². The Morgan fingerprint density at radius 1 is 1.32 bits per heavy atom. The number of rotatable bonds is 4. The van der Waals surface area contributed by atoms with Crippen molar-refractivity contribution in [1.29, 1.82) is 0 Å². The first-order chi connectivity index (χ1) is 12.0. The Kier molecular flexibility index (Phi) is 5.46. The quantitative estimate of drug-likeness (QED) is 0.884. The van der Waals surface area contributed by atoms with E-state index in [0.29, 0.717) is 19.2 Å². The van der Waals surface area contributed by atoms with E-state index in [2.05, 4.69) is 27.3 Å². The van der Waals surface area contributed by atoms with Crippen LogP contribution >= 0.6 is 0 Å². The highest BCUT2D eigenvalue weighted by Crippen LogP contribution is 2.36. The van der Waals surface area contributed by atoms with Crippen molar-refractivity contribution in [2.75, 3.05) is 44.7 Å². The van der Waals surface area contributed by atoms with Gasteiger partial charge in [-0.15, -0.1) is 10.2 Å². The number of carbonyl (C=O) groups is 1. The minimum Gasteiger partial charge on any atom is -0.381 e. The fourth-order valence-corrected chi connectivity index (χ4v) is 3.77. The molecule has 2 aliphatic rings. The van der Waals surface area contributed by atoms with Gasteiger partial charge in [0.05, 0.1) is 6.10 Å². The number of urea groups is 1. The molecule has 8 heteroatoms. The van der Waals surface area contributed by atoms with E-state index in [4.69, 9.17) is 4.74 Å². The number of amides is 2. The van der Waals surface area contributed by atoms with Crippen LogP contribution in [-0.2, 0) is 11.8 Å². The van der Waals surface area contributed by atoms with Crippen LogP contribution < -0.4 is 10.2 Å². The predicted molar refractivity (Wildman–Crippen MR) is 95.6 cm³/mol. The molecule has 2 heterocycles. The van der Waals surface area contributed by atoms with Gasteiger partial charge >= 0.3 is 6.03 Å². The van der Waals surface area contributed by atoms with E-state index in [1.54, 1.807) is 13.4 Å². The molecule has 1 aromatic rings. The molecule has 140 valence electrons. The van der Waals surface area contributed by atoms with Crippen LogP contribution in [0.5, 0.6) is 0 Å². The number of carbonyl (C=O) groups excluding carboxylic acids is 1. The zero-order chi connectivity index (χ0) is 17.9. The summed E-state index contributed by atoms with van der Waals surface area (Å²) in [5, 5.41) is 11.2. The van der Waals surface area contributed by atoms with Crippen molar-refractivity contribution in [3.05, 3.63) is 6.33 Å². The van der Waals surface area contributed by atoms with Gasteiger partial charge in [0.15, 0.2) is 0 Å². The topological polar surface area (TPSA) is 75.5 Å². The zero-order valence-corrected chi connectivity index (χ0v) is 15.6. The Morgan fingerprint density at radius 3 is 2.56 bits per heavy atom. The number of nitrogens with one attached hydrogen (secondary N) is 1. The molecule has 3 rings (SSSR count). The van der Waals surface area contributed by atoms with Crippen LogP contribution in [0.3, 0.4) is 0 Å². The van der Waals surface area contributed by atoms with Crippen molar-refractivity contribution in [2.45, 2.75) is 38.7 Å². The first kappa shape index (κ1) is 18.0. The molecule has 1 N–H and O–H groups in total. The molecule has 0 unspecified atom stereocenters. The molecule has 8 nitrogen and oxygen atoms in total. The second-order valence-electron chi connectivity index (χ2n) is 7.62. The van der Waals surface area contributed by atoms with Gasteiger partial charge in [0.1, 0.15) is 6.33 Å². The average molecular weight is 350 g/mol. The van der Waals surface area contributed by atoms with Crippen LogP contribution in [0.25, 0.3) is 0 Å². The SMILES string of the molecule is COC1CCC(C)(CNC(=O)N2CCN(c3nncn3C)CC2)CC1. The second kappa shape index (κ2) is 7.59. The molecule has 1 aromatic heterocycles. The molecule has 2 amide bonds. The summed E-state index contributed by atoms with van der Waals surface area (Å²) in [6.07, 6.45) is 6.46. The number of aryl methyl sites for hydroxylation is 1. The Labute approximate surface area is 149 Å². The highest BCUT2D eigenvalue weighted by molar-refractivity contribution is 5.74. The smallest absolute Gasteiger partial charge is 0.317 e. The van der Waals surface area contributed by atoms with Crippen molar-refractivity contribution in [1.82, 2.24) is 25.0 Å². The van der Waals surface area contributed by atoms with Gasteiger partial charge in [0.2, 0.25) is 5.95 Å². The van der Waals surface area contributed by atoms with Gasteiger partial charge in [-0.2, -0.15) is 0 Å². The third kappa shape index (κ3) is 4.23. The van der Waals surface area contributed by atoms with E-state index >= 15 is 0 Å². The lowest BCUT2D eigenvalue weighted by atomic mass is 9.74. The van der Waals surface area contributed by atoms with Crippen LogP contribution in [0.1, 0.15) is 32.6 Å². The van der Waals surface area contributed by atoms with Gasteiger partial charge in [-0.1, -0.05) is 6.92 Å². The highest BCUT2D eigenvalue weighted by atomic mass is 16.5. The molecule has 1 saturated carbocycles. The van der Waals surface area contributed by atoms with E-state index in [1.807, 2.05) is 16.5 Å². The molecule has 1 saturated heterocycles. The molecule has 0 spiro atoms. The third-order valence-corrected chi connectivity index (χ3v) is 5.68. The summed E-state index contributed by atoms with van der Waals surface area (Å²) in [6, 6.07) is 0.0488. The van der Waals surface area contributed by atoms with Gasteiger partial charge in [-0.25, -0.2) is 4.79 Å². The van der Waals surface area contributed by atoms with Gasteiger partial charge < -0.3 is 24.4 Å². The van der Waals surface area contributed by atoms with Crippen LogP contribution in [0.4, 0.5) is 10.7 Å². The van der Waals surface area contributed by atoms with E-state index < -0.39 is 0 Å². The minimum atomic E-state index is 0.0488. The van der Waals surface area contributed by atoms with E-state index in [1.165, 1.54) is 0 Å². The maximum absolute atomic E-state index is 12.5. The third-order valence-electron chi connectivity index (χ3n) is 5.68. The number of aromatic nitrogens is 3. The lowest BCUT2D eigenvalue weighted by Crippen LogP contribution is -2.53. The molecular weight excluding hydrogens is 320 g/mol. The lowest BCUT2D eigenvalue weighted by molar-refractivity contribution is 0.0329. The summed E-state index contributed by atoms with van der Waals surface area (Å²) in [6.45, 7) is 6.00. The maximum Gasteiger partial charge on any atom is 0.317 e. The molecule has 1 aliphatic heterocycles. The summed E-state index contributed by atoms with van der Waals surface area (Å²) >= 11 is 0. The summed E-state index contributed by atoms with van der Waals surface area (Å²) in [7, 11) is 3.73. The number of ether oxygens (including phenoxy) is 1. The molecule has 0 aromatic carbocycles. The monoisotopic (exact) mass is 350 g/mol. The predicted octanol–water partition coefficient (Wildman–Crippen LogP) is 1.24. The zero-order valence-electron chi connectivity index (χ0n) is 15.6. The maximum atomic E-state index is 12.5. The Hall–Kier alpha value is -1.83. The minimum absolute atomic E-state index is 0.0488. The molecular formula is C17H30N6O2. The molecule has 0 radical (unpaired) electrons. The van der Waals surface area contributed by atoms with E-state index in [0.717, 1.165) is 51.3 Å². The molecule has 0 atom stereocenters. The van der Waals surface area contributed by atoms with Crippen molar-refractivity contribution in [3.63, 3.8) is 0 Å². The Balaban J connectivity index is 1.43. The van der Waals surface area contributed by atoms with Crippen LogP contribution in [0.2, 0.25) is 0 Å². The van der Waals surface area contributed by atoms with Crippen molar-refractivity contribution < 1.29 is 9.53 Å². The normalized spacial score (nSPS) is 27.4.